The van der Waals surface area contributed by atoms with Crippen LogP contribution in [0, 0.1) is 13.8 Å². The third-order valence-electron chi connectivity index (χ3n) is 5.31. The Kier molecular flexibility index (Phi) is 5.98. The van der Waals surface area contributed by atoms with Crippen molar-refractivity contribution >= 4 is 23.4 Å². The smallest absolute Gasteiger partial charge is 0.249 e. The van der Waals surface area contributed by atoms with Crippen molar-refractivity contribution < 1.29 is 4.42 Å². The first kappa shape index (κ1) is 21.4. The molecule has 0 aliphatic rings. The fraction of sp³-hybridized carbons (Fsp3) is 0.120. The van der Waals surface area contributed by atoms with Gasteiger partial charge in [0.2, 0.25) is 11.8 Å². The van der Waals surface area contributed by atoms with Crippen LogP contribution in [0.25, 0.3) is 28.5 Å². The third-order valence-corrected chi connectivity index (χ3v) is 6.55. The molecule has 2 aromatic heterocycles. The van der Waals surface area contributed by atoms with Crippen molar-refractivity contribution in [2.75, 3.05) is 0 Å². The maximum Gasteiger partial charge on any atom is 0.249 e. The lowest BCUT2D eigenvalue weighted by Gasteiger charge is -2.12. The second-order valence-electron chi connectivity index (χ2n) is 7.55. The van der Waals surface area contributed by atoms with E-state index in [9.17, 15) is 0 Å². The summed E-state index contributed by atoms with van der Waals surface area (Å²) in [7, 11) is 0. The molecular formula is C25H20ClN5OS. The summed E-state index contributed by atoms with van der Waals surface area (Å²) in [4.78, 5) is 0. The summed E-state index contributed by atoms with van der Waals surface area (Å²) in [6.07, 6.45) is 0. The van der Waals surface area contributed by atoms with Crippen molar-refractivity contribution in [3.05, 3.63) is 94.8 Å². The number of benzene rings is 3. The van der Waals surface area contributed by atoms with E-state index in [2.05, 4.69) is 57.0 Å². The van der Waals surface area contributed by atoms with Crippen LogP contribution >= 0.6 is 23.4 Å². The molecule has 6 nitrogen and oxygen atoms in total. The van der Waals surface area contributed by atoms with E-state index in [1.165, 1.54) is 22.9 Å². The largest absolute Gasteiger partial charge is 0.420 e. The minimum absolute atomic E-state index is 0.400. The van der Waals surface area contributed by atoms with Crippen molar-refractivity contribution in [3.8, 4) is 28.5 Å². The molecule has 5 aromatic rings. The van der Waals surface area contributed by atoms with Gasteiger partial charge in [0.05, 0.1) is 22.0 Å². The normalized spacial score (nSPS) is 11.1. The van der Waals surface area contributed by atoms with Crippen molar-refractivity contribution in [1.29, 1.82) is 0 Å². The molecule has 3 aromatic carbocycles. The van der Waals surface area contributed by atoms with Crippen LogP contribution in [-0.4, -0.2) is 25.0 Å². The van der Waals surface area contributed by atoms with Gasteiger partial charge in [0.1, 0.15) is 0 Å². The van der Waals surface area contributed by atoms with Crippen LogP contribution in [0.1, 0.15) is 17.0 Å². The highest BCUT2D eigenvalue weighted by molar-refractivity contribution is 7.98. The zero-order valence-electron chi connectivity index (χ0n) is 18.1. The van der Waals surface area contributed by atoms with E-state index in [1.54, 1.807) is 6.07 Å². The second-order valence-corrected chi connectivity index (χ2v) is 8.90. The van der Waals surface area contributed by atoms with Gasteiger partial charge in [-0.15, -0.1) is 20.4 Å². The Hall–Kier alpha value is -3.42. The standard InChI is InChI=1S/C25H20ClN5OS/c1-16-12-13-19(14-17(16)2)31-23(18-8-4-3-5-9-18)28-30-25(31)33-15-22-27-29-24(32-22)20-10-6-7-11-21(20)26/h3-14H,15H2,1-2H3. The van der Waals surface area contributed by atoms with Gasteiger partial charge < -0.3 is 4.42 Å². The molecule has 0 saturated heterocycles. The van der Waals surface area contributed by atoms with Gasteiger partial charge in [-0.25, -0.2) is 0 Å². The first-order chi connectivity index (χ1) is 16.1. The SMILES string of the molecule is Cc1ccc(-n2c(SCc3nnc(-c4ccccc4Cl)o3)nnc2-c2ccccc2)cc1C. The van der Waals surface area contributed by atoms with E-state index < -0.39 is 0 Å². The molecule has 0 radical (unpaired) electrons. The van der Waals surface area contributed by atoms with Crippen LogP contribution in [0.2, 0.25) is 5.02 Å². The van der Waals surface area contributed by atoms with E-state index in [0.717, 1.165) is 22.2 Å². The van der Waals surface area contributed by atoms with Crippen molar-refractivity contribution in [3.63, 3.8) is 0 Å². The van der Waals surface area contributed by atoms with Gasteiger partial charge in [0.25, 0.3) is 0 Å². The van der Waals surface area contributed by atoms with Crippen LogP contribution in [0.4, 0.5) is 0 Å². The lowest BCUT2D eigenvalue weighted by Crippen LogP contribution is -2.01. The van der Waals surface area contributed by atoms with Gasteiger partial charge in [-0.05, 0) is 49.2 Å². The highest BCUT2D eigenvalue weighted by atomic mass is 35.5. The third kappa shape index (κ3) is 4.42. The molecule has 8 heteroatoms. The fourth-order valence-corrected chi connectivity index (χ4v) is 4.42. The minimum atomic E-state index is 0.400. The van der Waals surface area contributed by atoms with Crippen LogP contribution in [0.5, 0.6) is 0 Å². The van der Waals surface area contributed by atoms with Gasteiger partial charge >= 0.3 is 0 Å². The van der Waals surface area contributed by atoms with E-state index >= 15 is 0 Å². The number of nitrogens with zero attached hydrogens (tertiary/aromatic N) is 5. The monoisotopic (exact) mass is 473 g/mol. The Morgan fingerprint density at radius 1 is 0.848 bits per heavy atom. The number of rotatable bonds is 6. The zero-order valence-corrected chi connectivity index (χ0v) is 19.6. The Morgan fingerprint density at radius 3 is 2.42 bits per heavy atom. The van der Waals surface area contributed by atoms with Crippen LogP contribution in [0.15, 0.2) is 82.4 Å². The quantitative estimate of drug-likeness (QED) is 0.260. The van der Waals surface area contributed by atoms with Gasteiger partial charge in [0.15, 0.2) is 11.0 Å². The average Bonchev–Trinajstić information content (AvgIpc) is 3.48. The number of hydrogen-bond donors (Lipinski definition) is 0. The molecule has 0 aliphatic heterocycles. The van der Waals surface area contributed by atoms with Crippen molar-refractivity contribution in [1.82, 2.24) is 25.0 Å². The first-order valence-electron chi connectivity index (χ1n) is 10.4. The van der Waals surface area contributed by atoms with Crippen LogP contribution < -0.4 is 0 Å². The molecular weight excluding hydrogens is 454 g/mol. The summed E-state index contributed by atoms with van der Waals surface area (Å²) in [5.74, 6) is 2.13. The van der Waals surface area contributed by atoms with E-state index in [-0.39, 0.29) is 0 Å². The topological polar surface area (TPSA) is 69.6 Å². The molecule has 0 saturated carbocycles. The van der Waals surface area contributed by atoms with Crippen molar-refractivity contribution in [2.24, 2.45) is 0 Å². The molecule has 0 atom stereocenters. The number of thioether (sulfide) groups is 1. The highest BCUT2D eigenvalue weighted by Crippen LogP contribution is 2.31. The van der Waals surface area contributed by atoms with E-state index in [4.69, 9.17) is 16.0 Å². The highest BCUT2D eigenvalue weighted by Gasteiger charge is 2.18. The van der Waals surface area contributed by atoms with Gasteiger partial charge in [-0.1, -0.05) is 71.9 Å². The summed E-state index contributed by atoms with van der Waals surface area (Å²) < 4.78 is 7.93. The maximum absolute atomic E-state index is 6.26. The molecule has 0 bridgehead atoms. The maximum atomic E-state index is 6.26. The number of aryl methyl sites for hydroxylation is 2. The van der Waals surface area contributed by atoms with Gasteiger partial charge in [0, 0.05) is 5.56 Å². The average molecular weight is 474 g/mol. The van der Waals surface area contributed by atoms with Crippen LogP contribution in [-0.2, 0) is 5.75 Å². The van der Waals surface area contributed by atoms with Gasteiger partial charge in [-0.2, -0.15) is 0 Å². The Bertz CT molecular complexity index is 1410. The molecule has 164 valence electrons. The summed E-state index contributed by atoms with van der Waals surface area (Å²) >= 11 is 7.75. The Labute approximate surface area is 200 Å². The lowest BCUT2D eigenvalue weighted by molar-refractivity contribution is 0.528. The second kappa shape index (κ2) is 9.21. The molecule has 5 rings (SSSR count). The molecule has 0 fully saturated rings. The molecule has 0 amide bonds. The summed E-state index contributed by atoms with van der Waals surface area (Å²) in [5, 5.41) is 18.6. The number of halogens is 1. The van der Waals surface area contributed by atoms with Crippen LogP contribution in [0.3, 0.4) is 0 Å². The number of hydrogen-bond acceptors (Lipinski definition) is 6. The molecule has 0 aliphatic carbocycles. The molecule has 2 heterocycles. The zero-order chi connectivity index (χ0) is 22.8. The molecule has 0 N–H and O–H groups in total. The van der Waals surface area contributed by atoms with E-state index in [0.29, 0.717) is 28.1 Å². The Balaban J connectivity index is 1.47. The first-order valence-corrected chi connectivity index (χ1v) is 11.7. The Morgan fingerprint density at radius 2 is 1.64 bits per heavy atom. The predicted molar refractivity (Wildman–Crippen MR) is 131 cm³/mol. The van der Waals surface area contributed by atoms with Gasteiger partial charge in [-0.3, -0.25) is 4.57 Å². The molecule has 0 spiro atoms. The van der Waals surface area contributed by atoms with Crippen molar-refractivity contribution in [2.45, 2.75) is 24.8 Å². The summed E-state index contributed by atoms with van der Waals surface area (Å²) in [6, 6.07) is 23.8. The predicted octanol–water partition coefficient (Wildman–Crippen LogP) is 6.55. The molecule has 33 heavy (non-hydrogen) atoms. The van der Waals surface area contributed by atoms with E-state index in [1.807, 2.05) is 48.5 Å². The summed E-state index contributed by atoms with van der Waals surface area (Å²) in [6.45, 7) is 4.21. The minimum Gasteiger partial charge on any atom is -0.420 e. The number of aromatic nitrogens is 5. The lowest BCUT2D eigenvalue weighted by atomic mass is 10.1. The summed E-state index contributed by atoms with van der Waals surface area (Å²) in [5.41, 5.74) is 5.16. The molecule has 0 unspecified atom stereocenters. The fourth-order valence-electron chi connectivity index (χ4n) is 3.42.